The van der Waals surface area contributed by atoms with Crippen LogP contribution < -0.4 is 0 Å². The molecular weight excluding hydrogens is 226 g/mol. The summed E-state index contributed by atoms with van der Waals surface area (Å²) in [5.74, 6) is 0.624. The molecule has 3 unspecified atom stereocenters. The van der Waals surface area contributed by atoms with Crippen molar-refractivity contribution in [3.8, 4) is 5.75 Å². The van der Waals surface area contributed by atoms with E-state index >= 15 is 0 Å². The number of aliphatic hydroxyl groups excluding tert-OH is 1. The van der Waals surface area contributed by atoms with Gasteiger partial charge in [-0.2, -0.15) is 0 Å². The molecule has 0 radical (unpaired) electrons. The number of nitrogens with zero attached hydrogens (tertiary/aromatic N) is 1. The summed E-state index contributed by atoms with van der Waals surface area (Å²) >= 11 is 0. The first kappa shape index (κ1) is 11.7. The van der Waals surface area contributed by atoms with E-state index < -0.39 is 6.10 Å². The molecule has 0 saturated heterocycles. The Kier molecular flexibility index (Phi) is 2.33. The first-order chi connectivity index (χ1) is 8.41. The van der Waals surface area contributed by atoms with Crippen LogP contribution in [0, 0.1) is 17.3 Å². The van der Waals surface area contributed by atoms with Gasteiger partial charge in [0, 0.05) is 17.3 Å². The lowest BCUT2D eigenvalue weighted by Gasteiger charge is -2.34. The largest absolute Gasteiger partial charge is 0.506 e. The van der Waals surface area contributed by atoms with Gasteiger partial charge in [-0.05, 0) is 35.7 Å². The molecule has 0 aromatic carbocycles. The second kappa shape index (κ2) is 3.58. The highest BCUT2D eigenvalue weighted by Gasteiger charge is 2.48. The number of pyridine rings is 1. The Morgan fingerprint density at radius 1 is 1.33 bits per heavy atom. The zero-order valence-electron chi connectivity index (χ0n) is 10.8. The van der Waals surface area contributed by atoms with E-state index in [2.05, 4.69) is 25.4 Å². The molecule has 2 aliphatic rings. The Bertz CT molecular complexity index is 521. The molecule has 3 heteroatoms. The number of rotatable bonds is 0. The van der Waals surface area contributed by atoms with Gasteiger partial charge < -0.3 is 10.2 Å². The number of hydrogen-bond donors (Lipinski definition) is 2. The van der Waals surface area contributed by atoms with Crippen molar-refractivity contribution in [3.63, 3.8) is 0 Å². The lowest BCUT2D eigenvalue weighted by molar-refractivity contribution is 0.0880. The van der Waals surface area contributed by atoms with Gasteiger partial charge in [0.2, 0.25) is 0 Å². The van der Waals surface area contributed by atoms with E-state index in [1.807, 2.05) is 0 Å². The van der Waals surface area contributed by atoms with Crippen LogP contribution in [0.25, 0.3) is 5.57 Å². The van der Waals surface area contributed by atoms with Crippen LogP contribution in [-0.4, -0.2) is 15.2 Å². The molecule has 0 aliphatic heterocycles. The van der Waals surface area contributed by atoms with E-state index in [4.69, 9.17) is 0 Å². The summed E-state index contributed by atoms with van der Waals surface area (Å²) in [6.07, 6.45) is 4.57. The molecule has 3 nitrogen and oxygen atoms in total. The van der Waals surface area contributed by atoms with Gasteiger partial charge in [-0.25, -0.2) is 0 Å². The number of aliphatic hydroxyl groups is 1. The fraction of sp³-hybridized carbons (Fsp3) is 0.533. The molecule has 1 aromatic rings. The Morgan fingerprint density at radius 2 is 2.06 bits per heavy atom. The summed E-state index contributed by atoms with van der Waals surface area (Å²) in [4.78, 5) is 3.98. The van der Waals surface area contributed by atoms with Crippen LogP contribution in [0.5, 0.6) is 5.75 Å². The zero-order chi connectivity index (χ0) is 13.1. The fourth-order valence-electron chi connectivity index (χ4n) is 3.78. The third-order valence-electron chi connectivity index (χ3n) is 4.53. The van der Waals surface area contributed by atoms with Crippen molar-refractivity contribution < 1.29 is 10.2 Å². The van der Waals surface area contributed by atoms with Gasteiger partial charge in [-0.1, -0.05) is 20.4 Å². The minimum atomic E-state index is -0.531. The maximum absolute atomic E-state index is 10.5. The summed E-state index contributed by atoms with van der Waals surface area (Å²) in [6.45, 7) is 8.62. The van der Waals surface area contributed by atoms with Crippen molar-refractivity contribution in [2.24, 2.45) is 17.3 Å². The average Bonchev–Trinajstić information content (AvgIpc) is 2.62. The lowest BCUT2D eigenvalue weighted by atomic mass is 9.73. The maximum atomic E-state index is 10.5. The number of hydrogen-bond acceptors (Lipinski definition) is 3. The molecule has 3 rings (SSSR count). The SMILES string of the molecule is C=C1c2c(O)cncc2C(O)C2CC(C)(C)CC12. The zero-order valence-corrected chi connectivity index (χ0v) is 10.8. The van der Waals surface area contributed by atoms with Crippen LogP contribution in [-0.2, 0) is 0 Å². The second-order valence-electron chi connectivity index (χ2n) is 6.44. The average molecular weight is 245 g/mol. The van der Waals surface area contributed by atoms with Crippen molar-refractivity contribution in [2.45, 2.75) is 32.8 Å². The Labute approximate surface area is 107 Å². The lowest BCUT2D eigenvalue weighted by Crippen LogP contribution is -2.24. The Morgan fingerprint density at radius 3 is 2.78 bits per heavy atom. The molecule has 3 atom stereocenters. The van der Waals surface area contributed by atoms with Crippen molar-refractivity contribution in [3.05, 3.63) is 30.1 Å². The minimum absolute atomic E-state index is 0.139. The van der Waals surface area contributed by atoms with Gasteiger partial charge in [0.1, 0.15) is 5.75 Å². The topological polar surface area (TPSA) is 53.4 Å². The Hall–Kier alpha value is -1.35. The van der Waals surface area contributed by atoms with Gasteiger partial charge in [0.15, 0.2) is 0 Å². The van der Waals surface area contributed by atoms with Crippen LogP contribution in [0.1, 0.15) is 43.9 Å². The highest BCUT2D eigenvalue weighted by atomic mass is 16.3. The quantitative estimate of drug-likeness (QED) is 0.739. The smallest absolute Gasteiger partial charge is 0.141 e. The molecule has 1 heterocycles. The summed E-state index contributed by atoms with van der Waals surface area (Å²) in [5.41, 5.74) is 2.64. The third-order valence-corrected chi connectivity index (χ3v) is 4.53. The van der Waals surface area contributed by atoms with Gasteiger partial charge in [0.25, 0.3) is 0 Å². The predicted molar refractivity (Wildman–Crippen MR) is 69.9 cm³/mol. The highest BCUT2D eigenvalue weighted by Crippen LogP contribution is 2.58. The number of fused-ring (bicyclic) bond motifs is 2. The van der Waals surface area contributed by atoms with Crippen LogP contribution in [0.4, 0.5) is 0 Å². The molecule has 0 bridgehead atoms. The van der Waals surface area contributed by atoms with E-state index in [1.165, 1.54) is 6.20 Å². The summed E-state index contributed by atoms with van der Waals surface area (Å²) in [6, 6.07) is 0. The normalized spacial score (nSPS) is 33.1. The third kappa shape index (κ3) is 1.50. The van der Waals surface area contributed by atoms with Gasteiger partial charge in [0.05, 0.1) is 12.3 Å². The molecule has 1 saturated carbocycles. The van der Waals surface area contributed by atoms with Gasteiger partial charge in [-0.3, -0.25) is 4.98 Å². The first-order valence-electron chi connectivity index (χ1n) is 6.45. The van der Waals surface area contributed by atoms with Crippen LogP contribution >= 0.6 is 0 Å². The number of aromatic hydroxyl groups is 1. The Balaban J connectivity index is 2.13. The minimum Gasteiger partial charge on any atom is -0.506 e. The van der Waals surface area contributed by atoms with Crippen LogP contribution in [0.2, 0.25) is 0 Å². The van der Waals surface area contributed by atoms with Crippen molar-refractivity contribution >= 4 is 5.57 Å². The highest BCUT2D eigenvalue weighted by molar-refractivity contribution is 5.75. The summed E-state index contributed by atoms with van der Waals surface area (Å²) < 4.78 is 0. The van der Waals surface area contributed by atoms with Gasteiger partial charge in [-0.15, -0.1) is 0 Å². The molecule has 1 fully saturated rings. The number of aromatic nitrogens is 1. The van der Waals surface area contributed by atoms with E-state index in [1.54, 1.807) is 6.20 Å². The first-order valence-corrected chi connectivity index (χ1v) is 6.45. The van der Waals surface area contributed by atoms with E-state index in [0.29, 0.717) is 0 Å². The molecule has 0 spiro atoms. The maximum Gasteiger partial charge on any atom is 0.141 e. The second-order valence-corrected chi connectivity index (χ2v) is 6.44. The monoisotopic (exact) mass is 245 g/mol. The standard InChI is InChI=1S/C15H19NO2/c1-8-9-4-15(2,3)5-10(9)14(18)11-6-16-7-12(17)13(8)11/h6-7,9-10,14,17-18H,1,4-5H2,2-3H3. The molecule has 96 valence electrons. The number of allylic oxidation sites excluding steroid dienone is 1. The van der Waals surface area contributed by atoms with Crippen molar-refractivity contribution in [1.29, 1.82) is 0 Å². The van der Waals surface area contributed by atoms with E-state index in [9.17, 15) is 10.2 Å². The van der Waals surface area contributed by atoms with E-state index in [0.717, 1.165) is 29.5 Å². The molecule has 2 N–H and O–H groups in total. The molecule has 1 aromatic heterocycles. The summed E-state index contributed by atoms with van der Waals surface area (Å²) in [7, 11) is 0. The predicted octanol–water partition coefficient (Wildman–Crippen LogP) is 2.90. The molecule has 0 amide bonds. The van der Waals surface area contributed by atoms with Crippen LogP contribution in [0.3, 0.4) is 0 Å². The van der Waals surface area contributed by atoms with Crippen molar-refractivity contribution in [2.75, 3.05) is 0 Å². The van der Waals surface area contributed by atoms with Gasteiger partial charge >= 0.3 is 0 Å². The molecule has 2 aliphatic carbocycles. The van der Waals surface area contributed by atoms with Crippen LogP contribution in [0.15, 0.2) is 19.0 Å². The molecule has 18 heavy (non-hydrogen) atoms. The molecular formula is C15H19NO2. The fourth-order valence-corrected chi connectivity index (χ4v) is 3.78. The summed E-state index contributed by atoms with van der Waals surface area (Å²) in [5, 5.41) is 20.5. The van der Waals surface area contributed by atoms with Crippen molar-refractivity contribution in [1.82, 2.24) is 4.98 Å². The van der Waals surface area contributed by atoms with E-state index in [-0.39, 0.29) is 23.0 Å².